The summed E-state index contributed by atoms with van der Waals surface area (Å²) < 4.78 is 0. The van der Waals surface area contributed by atoms with E-state index in [0.717, 1.165) is 48.9 Å². The van der Waals surface area contributed by atoms with Gasteiger partial charge in [-0.3, -0.25) is 4.79 Å². The summed E-state index contributed by atoms with van der Waals surface area (Å²) in [7, 11) is 0. The molecular weight excluding hydrogens is 362 g/mol. The van der Waals surface area contributed by atoms with Gasteiger partial charge in [-0.25, -0.2) is 0 Å². The molecule has 0 spiro atoms. The van der Waals surface area contributed by atoms with Gasteiger partial charge in [0.15, 0.2) is 0 Å². The predicted molar refractivity (Wildman–Crippen MR) is 109 cm³/mol. The number of halogens is 1. The first kappa shape index (κ1) is 18.1. The quantitative estimate of drug-likeness (QED) is 0.849. The third-order valence-electron chi connectivity index (χ3n) is 5.37. The predicted octanol–water partition coefficient (Wildman–Crippen LogP) is 2.92. The molecule has 0 bridgehead atoms. The molecule has 2 aliphatic heterocycles. The van der Waals surface area contributed by atoms with Crippen molar-refractivity contribution >= 4 is 28.9 Å². The van der Waals surface area contributed by atoms with E-state index >= 15 is 0 Å². The van der Waals surface area contributed by atoms with Crippen molar-refractivity contribution in [3.63, 3.8) is 0 Å². The normalized spacial score (nSPS) is 22.3. The molecule has 2 aromatic rings. The lowest BCUT2D eigenvalue weighted by Crippen LogP contribution is -2.37. The standard InChI is InChI=1S/C21H24ClN3O2/c22-16-3-7-19(8-4-16)24-11-9-17(13-24)23-21(27)15-1-5-18(6-2-15)25-12-10-20(26)14-25/h1-8,17,20,26H,9-14H2,(H,23,27). The van der Waals surface area contributed by atoms with E-state index in [1.54, 1.807) is 0 Å². The Balaban J connectivity index is 1.33. The number of hydrogen-bond acceptors (Lipinski definition) is 4. The van der Waals surface area contributed by atoms with Crippen molar-refractivity contribution in [2.24, 2.45) is 0 Å². The van der Waals surface area contributed by atoms with Gasteiger partial charge in [0.05, 0.1) is 6.10 Å². The molecule has 5 nitrogen and oxygen atoms in total. The highest BCUT2D eigenvalue weighted by Crippen LogP contribution is 2.23. The van der Waals surface area contributed by atoms with Crippen molar-refractivity contribution < 1.29 is 9.90 Å². The second-order valence-corrected chi connectivity index (χ2v) is 7.75. The number of anilines is 2. The summed E-state index contributed by atoms with van der Waals surface area (Å²) in [5, 5.41) is 13.5. The van der Waals surface area contributed by atoms with Gasteiger partial charge in [-0.2, -0.15) is 0 Å². The number of hydrogen-bond donors (Lipinski definition) is 2. The molecule has 2 saturated heterocycles. The van der Waals surface area contributed by atoms with E-state index in [4.69, 9.17) is 11.6 Å². The van der Waals surface area contributed by atoms with Crippen molar-refractivity contribution in [1.29, 1.82) is 0 Å². The highest BCUT2D eigenvalue weighted by atomic mass is 35.5. The number of benzene rings is 2. The Labute approximate surface area is 164 Å². The topological polar surface area (TPSA) is 55.8 Å². The first-order valence-corrected chi connectivity index (χ1v) is 9.81. The van der Waals surface area contributed by atoms with Gasteiger partial charge in [-0.05, 0) is 61.4 Å². The summed E-state index contributed by atoms with van der Waals surface area (Å²) in [5.41, 5.74) is 2.86. The van der Waals surface area contributed by atoms with Crippen LogP contribution in [0.5, 0.6) is 0 Å². The number of aliphatic hydroxyl groups excluding tert-OH is 1. The van der Waals surface area contributed by atoms with Crippen LogP contribution in [0.2, 0.25) is 5.02 Å². The van der Waals surface area contributed by atoms with Gasteiger partial charge in [-0.15, -0.1) is 0 Å². The lowest BCUT2D eigenvalue weighted by atomic mass is 10.1. The average molecular weight is 386 g/mol. The third kappa shape index (κ3) is 4.20. The minimum Gasteiger partial charge on any atom is -0.391 e. The van der Waals surface area contributed by atoms with Crippen LogP contribution < -0.4 is 15.1 Å². The van der Waals surface area contributed by atoms with Crippen LogP contribution in [0, 0.1) is 0 Å². The largest absolute Gasteiger partial charge is 0.391 e. The number of aliphatic hydroxyl groups is 1. The molecule has 2 fully saturated rings. The fourth-order valence-corrected chi connectivity index (χ4v) is 3.96. The van der Waals surface area contributed by atoms with Crippen molar-refractivity contribution in [2.75, 3.05) is 36.0 Å². The van der Waals surface area contributed by atoms with E-state index in [1.807, 2.05) is 48.5 Å². The number of carbonyl (C=O) groups excluding carboxylic acids is 1. The zero-order valence-electron chi connectivity index (χ0n) is 15.1. The molecule has 2 aromatic carbocycles. The average Bonchev–Trinajstić information content (AvgIpc) is 3.32. The molecule has 0 aliphatic carbocycles. The molecule has 0 saturated carbocycles. The molecule has 2 N–H and O–H groups in total. The number of carbonyl (C=O) groups is 1. The zero-order valence-corrected chi connectivity index (χ0v) is 15.9. The SMILES string of the molecule is O=C(NC1CCN(c2ccc(Cl)cc2)C1)c1ccc(N2CCC(O)C2)cc1. The van der Waals surface area contributed by atoms with E-state index in [2.05, 4.69) is 15.1 Å². The minimum atomic E-state index is -0.251. The number of nitrogens with zero attached hydrogens (tertiary/aromatic N) is 2. The molecule has 2 unspecified atom stereocenters. The minimum absolute atomic E-state index is 0.0361. The van der Waals surface area contributed by atoms with E-state index in [0.29, 0.717) is 12.1 Å². The Morgan fingerprint density at radius 2 is 1.52 bits per heavy atom. The van der Waals surface area contributed by atoms with E-state index in [-0.39, 0.29) is 18.1 Å². The lowest BCUT2D eigenvalue weighted by Gasteiger charge is -2.20. The summed E-state index contributed by atoms with van der Waals surface area (Å²) in [6, 6.07) is 15.6. The van der Waals surface area contributed by atoms with Crippen molar-refractivity contribution in [2.45, 2.75) is 25.0 Å². The van der Waals surface area contributed by atoms with Crippen LogP contribution >= 0.6 is 11.6 Å². The summed E-state index contributed by atoms with van der Waals surface area (Å²) in [6.07, 6.45) is 1.48. The fraction of sp³-hybridized carbons (Fsp3) is 0.381. The molecule has 2 aliphatic rings. The molecule has 2 heterocycles. The molecule has 1 amide bonds. The van der Waals surface area contributed by atoms with Gasteiger partial charge >= 0.3 is 0 Å². The van der Waals surface area contributed by atoms with Crippen LogP contribution in [0.4, 0.5) is 11.4 Å². The van der Waals surface area contributed by atoms with Gasteiger partial charge < -0.3 is 20.2 Å². The van der Waals surface area contributed by atoms with Gasteiger partial charge in [-0.1, -0.05) is 11.6 Å². The van der Waals surface area contributed by atoms with Gasteiger partial charge in [0.1, 0.15) is 0 Å². The molecule has 142 valence electrons. The van der Waals surface area contributed by atoms with Crippen molar-refractivity contribution in [3.8, 4) is 0 Å². The molecule has 2 atom stereocenters. The number of β-amino-alcohol motifs (C(OH)–C–C–N with tert-alkyl or cyclic N) is 1. The van der Waals surface area contributed by atoms with Crippen LogP contribution in [0.3, 0.4) is 0 Å². The smallest absolute Gasteiger partial charge is 0.251 e. The summed E-state index contributed by atoms with van der Waals surface area (Å²) in [6.45, 7) is 3.24. The Morgan fingerprint density at radius 3 is 2.15 bits per heavy atom. The maximum atomic E-state index is 12.6. The summed E-state index contributed by atoms with van der Waals surface area (Å²) >= 11 is 5.95. The Kier molecular flexibility index (Phi) is 5.23. The number of rotatable bonds is 4. The zero-order chi connectivity index (χ0) is 18.8. The third-order valence-corrected chi connectivity index (χ3v) is 5.63. The van der Waals surface area contributed by atoms with Gasteiger partial charge in [0.25, 0.3) is 5.91 Å². The molecular formula is C21H24ClN3O2. The van der Waals surface area contributed by atoms with Crippen molar-refractivity contribution in [3.05, 3.63) is 59.1 Å². The van der Waals surface area contributed by atoms with Crippen LogP contribution in [-0.4, -0.2) is 49.3 Å². The highest BCUT2D eigenvalue weighted by molar-refractivity contribution is 6.30. The summed E-state index contributed by atoms with van der Waals surface area (Å²) in [4.78, 5) is 17.0. The molecule has 27 heavy (non-hydrogen) atoms. The fourth-order valence-electron chi connectivity index (χ4n) is 3.83. The van der Waals surface area contributed by atoms with Gasteiger partial charge in [0, 0.05) is 54.2 Å². The molecule has 4 rings (SSSR count). The molecule has 6 heteroatoms. The first-order chi connectivity index (χ1) is 13.1. The van der Waals surface area contributed by atoms with E-state index in [1.165, 1.54) is 0 Å². The number of nitrogens with one attached hydrogen (secondary N) is 1. The van der Waals surface area contributed by atoms with Crippen LogP contribution in [0.1, 0.15) is 23.2 Å². The Morgan fingerprint density at radius 1 is 0.926 bits per heavy atom. The number of amides is 1. The second-order valence-electron chi connectivity index (χ2n) is 7.32. The van der Waals surface area contributed by atoms with Crippen LogP contribution in [0.25, 0.3) is 0 Å². The Bertz CT molecular complexity index is 794. The van der Waals surface area contributed by atoms with Gasteiger partial charge in [0.2, 0.25) is 0 Å². The Hall–Kier alpha value is -2.24. The first-order valence-electron chi connectivity index (χ1n) is 9.43. The highest BCUT2D eigenvalue weighted by Gasteiger charge is 2.25. The second kappa shape index (κ2) is 7.79. The monoisotopic (exact) mass is 385 g/mol. The lowest BCUT2D eigenvalue weighted by molar-refractivity contribution is 0.0940. The summed E-state index contributed by atoms with van der Waals surface area (Å²) in [5.74, 6) is -0.0361. The molecule has 0 radical (unpaired) electrons. The van der Waals surface area contributed by atoms with E-state index in [9.17, 15) is 9.90 Å². The maximum Gasteiger partial charge on any atom is 0.251 e. The maximum absolute atomic E-state index is 12.6. The van der Waals surface area contributed by atoms with Crippen molar-refractivity contribution in [1.82, 2.24) is 5.32 Å². The van der Waals surface area contributed by atoms with Crippen LogP contribution in [-0.2, 0) is 0 Å². The van der Waals surface area contributed by atoms with Crippen LogP contribution in [0.15, 0.2) is 48.5 Å². The van der Waals surface area contributed by atoms with E-state index < -0.39 is 0 Å². The molecule has 0 aromatic heterocycles.